The van der Waals surface area contributed by atoms with E-state index in [9.17, 15) is 9.59 Å². The molecule has 166 valence electrons. The van der Waals surface area contributed by atoms with Crippen LogP contribution in [-0.2, 0) is 0 Å². The Morgan fingerprint density at radius 2 is 1.56 bits per heavy atom. The Morgan fingerprint density at radius 3 is 2.25 bits per heavy atom. The van der Waals surface area contributed by atoms with E-state index in [4.69, 9.17) is 4.74 Å². The van der Waals surface area contributed by atoms with E-state index in [1.165, 1.54) is 0 Å². The number of benzene rings is 3. The van der Waals surface area contributed by atoms with E-state index in [0.29, 0.717) is 35.0 Å². The fraction of sp³-hybridized carbons (Fsp3) is 0.259. The van der Waals surface area contributed by atoms with Crippen LogP contribution in [0.5, 0.6) is 5.75 Å². The van der Waals surface area contributed by atoms with Gasteiger partial charge in [0.2, 0.25) is 0 Å². The Morgan fingerprint density at radius 1 is 0.844 bits per heavy atom. The monoisotopic (exact) mass is 430 g/mol. The van der Waals surface area contributed by atoms with E-state index in [2.05, 4.69) is 24.5 Å². The van der Waals surface area contributed by atoms with Gasteiger partial charge in [-0.1, -0.05) is 32.0 Å². The molecule has 3 aromatic rings. The first-order valence-electron chi connectivity index (χ1n) is 10.9. The molecule has 2 N–H and O–H groups in total. The molecule has 2 amide bonds. The van der Waals surface area contributed by atoms with Crippen molar-refractivity contribution in [2.75, 3.05) is 17.2 Å². The first-order valence-corrected chi connectivity index (χ1v) is 10.9. The summed E-state index contributed by atoms with van der Waals surface area (Å²) in [5.74, 6) is 0.742. The second-order valence-electron chi connectivity index (χ2n) is 8.31. The summed E-state index contributed by atoms with van der Waals surface area (Å²) < 4.78 is 5.71. The molecule has 0 fully saturated rings. The number of anilines is 2. The maximum Gasteiger partial charge on any atom is 0.257 e. The number of aryl methyl sites for hydroxylation is 2. The van der Waals surface area contributed by atoms with Gasteiger partial charge in [-0.3, -0.25) is 9.59 Å². The zero-order valence-electron chi connectivity index (χ0n) is 19.1. The molecule has 5 nitrogen and oxygen atoms in total. The van der Waals surface area contributed by atoms with E-state index >= 15 is 0 Å². The number of para-hydroxylation sites is 1. The molecule has 5 heteroatoms. The first kappa shape index (κ1) is 23.1. The molecule has 0 radical (unpaired) electrons. The van der Waals surface area contributed by atoms with Crippen molar-refractivity contribution < 1.29 is 14.3 Å². The van der Waals surface area contributed by atoms with Gasteiger partial charge in [0.05, 0.1) is 17.9 Å². The van der Waals surface area contributed by atoms with E-state index in [0.717, 1.165) is 23.3 Å². The molecule has 32 heavy (non-hydrogen) atoms. The standard InChI is InChI=1S/C27H30N2O3/c1-18(2)15-16-32-23-13-10-21(11-14-23)26(30)29-25-8-6-5-7-24(25)27(31)28-22-12-9-19(3)20(4)17-22/h5-14,17-18H,15-16H2,1-4H3,(H,28,31)(H,29,30). The predicted octanol–water partition coefficient (Wildman–Crippen LogP) is 6.23. The van der Waals surface area contributed by atoms with Crippen LogP contribution in [-0.4, -0.2) is 18.4 Å². The highest BCUT2D eigenvalue weighted by Gasteiger charge is 2.15. The summed E-state index contributed by atoms with van der Waals surface area (Å²) in [5, 5.41) is 5.76. The molecule has 0 aliphatic rings. The van der Waals surface area contributed by atoms with Crippen LogP contribution >= 0.6 is 0 Å². The number of hydrogen-bond donors (Lipinski definition) is 2. The summed E-state index contributed by atoms with van der Waals surface area (Å²) in [6.07, 6.45) is 0.975. The SMILES string of the molecule is Cc1ccc(NC(=O)c2ccccc2NC(=O)c2ccc(OCCC(C)C)cc2)cc1C. The normalized spacial score (nSPS) is 10.7. The fourth-order valence-electron chi connectivity index (χ4n) is 3.12. The van der Waals surface area contributed by atoms with Gasteiger partial charge in [-0.2, -0.15) is 0 Å². The fourth-order valence-corrected chi connectivity index (χ4v) is 3.12. The number of carbonyl (C=O) groups excluding carboxylic acids is 2. The van der Waals surface area contributed by atoms with Crippen molar-refractivity contribution in [1.29, 1.82) is 0 Å². The molecule has 0 aliphatic carbocycles. The molecule has 0 heterocycles. The highest BCUT2D eigenvalue weighted by atomic mass is 16.5. The smallest absolute Gasteiger partial charge is 0.257 e. The third-order valence-electron chi connectivity index (χ3n) is 5.27. The molecule has 3 rings (SSSR count). The maximum absolute atomic E-state index is 12.9. The van der Waals surface area contributed by atoms with E-state index < -0.39 is 0 Å². The topological polar surface area (TPSA) is 67.4 Å². The van der Waals surface area contributed by atoms with Gasteiger partial charge >= 0.3 is 0 Å². The third kappa shape index (κ3) is 6.20. The summed E-state index contributed by atoms with van der Waals surface area (Å²) >= 11 is 0. The predicted molar refractivity (Wildman–Crippen MR) is 130 cm³/mol. The minimum Gasteiger partial charge on any atom is -0.494 e. The number of nitrogens with one attached hydrogen (secondary N) is 2. The Hall–Kier alpha value is -3.60. The maximum atomic E-state index is 12.9. The average molecular weight is 431 g/mol. The highest BCUT2D eigenvalue weighted by molar-refractivity contribution is 6.12. The zero-order chi connectivity index (χ0) is 23.1. The molecule has 0 bridgehead atoms. The van der Waals surface area contributed by atoms with Gasteiger partial charge < -0.3 is 15.4 Å². The van der Waals surface area contributed by atoms with Crippen LogP contribution in [0.25, 0.3) is 0 Å². The first-order chi connectivity index (χ1) is 15.3. The number of amides is 2. The third-order valence-corrected chi connectivity index (χ3v) is 5.27. The molecular formula is C27H30N2O3. The van der Waals surface area contributed by atoms with Crippen molar-refractivity contribution in [3.05, 3.63) is 89.0 Å². The van der Waals surface area contributed by atoms with Crippen molar-refractivity contribution in [3.8, 4) is 5.75 Å². The lowest BCUT2D eigenvalue weighted by Gasteiger charge is -2.13. The minimum absolute atomic E-state index is 0.280. The van der Waals surface area contributed by atoms with Crippen molar-refractivity contribution in [2.24, 2.45) is 5.92 Å². The molecule has 3 aromatic carbocycles. The van der Waals surface area contributed by atoms with Crippen molar-refractivity contribution in [3.63, 3.8) is 0 Å². The lowest BCUT2D eigenvalue weighted by molar-refractivity contribution is 0.102. The number of carbonyl (C=O) groups is 2. The quantitative estimate of drug-likeness (QED) is 0.445. The second kappa shape index (κ2) is 10.6. The summed E-state index contributed by atoms with van der Waals surface area (Å²) in [6.45, 7) is 8.97. The Balaban J connectivity index is 1.68. The van der Waals surface area contributed by atoms with Crippen LogP contribution in [0.1, 0.15) is 52.1 Å². The van der Waals surface area contributed by atoms with Gasteiger partial charge in [0.15, 0.2) is 0 Å². The van der Waals surface area contributed by atoms with Gasteiger partial charge in [-0.15, -0.1) is 0 Å². The Bertz CT molecular complexity index is 1090. The molecule has 0 unspecified atom stereocenters. The molecular weight excluding hydrogens is 400 g/mol. The summed E-state index contributed by atoms with van der Waals surface area (Å²) in [6, 6.07) is 19.7. The van der Waals surface area contributed by atoms with Gasteiger partial charge in [0, 0.05) is 11.3 Å². The van der Waals surface area contributed by atoms with Gasteiger partial charge in [0.1, 0.15) is 5.75 Å². The summed E-state index contributed by atoms with van der Waals surface area (Å²) in [7, 11) is 0. The zero-order valence-corrected chi connectivity index (χ0v) is 19.1. The molecule has 0 aliphatic heterocycles. The Labute approximate surface area is 189 Å². The van der Waals surface area contributed by atoms with Crippen LogP contribution in [0, 0.1) is 19.8 Å². The lowest BCUT2D eigenvalue weighted by atomic mass is 10.1. The van der Waals surface area contributed by atoms with Gasteiger partial charge in [-0.25, -0.2) is 0 Å². The van der Waals surface area contributed by atoms with Gasteiger partial charge in [0.25, 0.3) is 11.8 Å². The van der Waals surface area contributed by atoms with Crippen LogP contribution in [0.3, 0.4) is 0 Å². The lowest BCUT2D eigenvalue weighted by Crippen LogP contribution is -2.18. The molecule has 0 aromatic heterocycles. The minimum atomic E-state index is -0.287. The van der Waals surface area contributed by atoms with Crippen LogP contribution in [0.4, 0.5) is 11.4 Å². The molecule has 0 saturated carbocycles. The summed E-state index contributed by atoms with van der Waals surface area (Å²) in [4.78, 5) is 25.6. The van der Waals surface area contributed by atoms with E-state index in [-0.39, 0.29) is 11.8 Å². The van der Waals surface area contributed by atoms with E-state index in [1.54, 1.807) is 48.5 Å². The van der Waals surface area contributed by atoms with Crippen molar-refractivity contribution in [2.45, 2.75) is 34.1 Å². The van der Waals surface area contributed by atoms with Crippen molar-refractivity contribution in [1.82, 2.24) is 0 Å². The van der Waals surface area contributed by atoms with E-state index in [1.807, 2.05) is 32.0 Å². The number of rotatable bonds is 8. The molecule has 0 spiro atoms. The number of hydrogen-bond acceptors (Lipinski definition) is 3. The van der Waals surface area contributed by atoms with Crippen LogP contribution in [0.15, 0.2) is 66.7 Å². The second-order valence-corrected chi connectivity index (χ2v) is 8.31. The molecule has 0 saturated heterocycles. The Kier molecular flexibility index (Phi) is 7.66. The van der Waals surface area contributed by atoms with Gasteiger partial charge in [-0.05, 0) is 85.8 Å². The van der Waals surface area contributed by atoms with Crippen LogP contribution < -0.4 is 15.4 Å². The number of ether oxygens (including phenoxy) is 1. The van der Waals surface area contributed by atoms with Crippen molar-refractivity contribution >= 4 is 23.2 Å². The average Bonchev–Trinajstić information content (AvgIpc) is 2.77. The summed E-state index contributed by atoms with van der Waals surface area (Å²) in [5.41, 5.74) is 4.31. The highest BCUT2D eigenvalue weighted by Crippen LogP contribution is 2.21. The largest absolute Gasteiger partial charge is 0.494 e. The molecule has 0 atom stereocenters. The van der Waals surface area contributed by atoms with Crippen LogP contribution in [0.2, 0.25) is 0 Å².